The molecular weight excluding hydrogens is 248 g/mol. The van der Waals surface area contributed by atoms with Crippen LogP contribution < -0.4 is 0 Å². The first-order valence-corrected chi connectivity index (χ1v) is 4.16. The van der Waals surface area contributed by atoms with E-state index in [4.69, 9.17) is 16.8 Å². The zero-order valence-electron chi connectivity index (χ0n) is 5.76. The maximum absolute atomic E-state index is 13.0. The fraction of sp³-hybridized carbons (Fsp3) is 0. The predicted molar refractivity (Wildman–Crippen MR) is 48.3 cm³/mol. The topological polar surface area (TPSA) is 32.6 Å². The zero-order valence-corrected chi connectivity index (χ0v) is 8.10. The van der Waals surface area contributed by atoms with Crippen molar-refractivity contribution in [1.29, 1.82) is 0 Å². The molecule has 0 fully saturated rings. The van der Waals surface area contributed by atoms with Crippen molar-refractivity contribution >= 4 is 32.7 Å². The molecule has 12 heavy (non-hydrogen) atoms. The van der Waals surface area contributed by atoms with Gasteiger partial charge >= 0.3 is 0 Å². The first-order chi connectivity index (χ1) is 5.66. The van der Waals surface area contributed by atoms with Crippen LogP contribution in [0.4, 0.5) is 4.39 Å². The van der Waals surface area contributed by atoms with Gasteiger partial charge in [0.15, 0.2) is 5.17 Å². The first kappa shape index (κ1) is 9.48. The first-order valence-electron chi connectivity index (χ1n) is 2.98. The second-order valence-electron chi connectivity index (χ2n) is 1.99. The Morgan fingerprint density at radius 3 is 2.75 bits per heavy atom. The van der Waals surface area contributed by atoms with Crippen molar-refractivity contribution in [2.75, 3.05) is 0 Å². The standard InChI is InChI=1S/C7H4BrClFNO/c8-4-2-1-3-5(10)6(4)7(9)11-12/h1-3,12H/b11-7+. The molecule has 0 amide bonds. The van der Waals surface area contributed by atoms with Crippen LogP contribution in [0.2, 0.25) is 0 Å². The highest BCUT2D eigenvalue weighted by Gasteiger charge is 2.11. The van der Waals surface area contributed by atoms with Gasteiger partial charge in [0.1, 0.15) is 5.82 Å². The second kappa shape index (κ2) is 3.87. The molecule has 0 bridgehead atoms. The summed E-state index contributed by atoms with van der Waals surface area (Å²) in [6, 6.07) is 4.35. The SMILES string of the molecule is O/N=C(/Cl)c1c(F)cccc1Br. The van der Waals surface area contributed by atoms with E-state index in [1.807, 2.05) is 0 Å². The van der Waals surface area contributed by atoms with Crippen LogP contribution in [0.1, 0.15) is 5.56 Å². The number of rotatable bonds is 1. The maximum atomic E-state index is 13.0. The molecule has 0 atom stereocenters. The van der Waals surface area contributed by atoms with Crippen LogP contribution in [0, 0.1) is 5.82 Å². The third-order valence-electron chi connectivity index (χ3n) is 1.26. The van der Waals surface area contributed by atoms with E-state index >= 15 is 0 Å². The number of oxime groups is 1. The van der Waals surface area contributed by atoms with E-state index in [9.17, 15) is 4.39 Å². The van der Waals surface area contributed by atoms with Crippen LogP contribution >= 0.6 is 27.5 Å². The van der Waals surface area contributed by atoms with Crippen molar-refractivity contribution in [3.63, 3.8) is 0 Å². The van der Waals surface area contributed by atoms with Crippen molar-refractivity contribution in [3.8, 4) is 0 Å². The van der Waals surface area contributed by atoms with Gasteiger partial charge in [0.05, 0.1) is 5.56 Å². The fourth-order valence-corrected chi connectivity index (χ4v) is 1.58. The average molecular weight is 252 g/mol. The van der Waals surface area contributed by atoms with Crippen LogP contribution in [0.3, 0.4) is 0 Å². The van der Waals surface area contributed by atoms with Gasteiger partial charge in [-0.1, -0.05) is 22.8 Å². The Morgan fingerprint density at radius 1 is 1.58 bits per heavy atom. The fourth-order valence-electron chi connectivity index (χ4n) is 0.745. The molecule has 1 aromatic rings. The molecule has 0 spiro atoms. The molecule has 1 rings (SSSR count). The van der Waals surface area contributed by atoms with E-state index < -0.39 is 5.82 Å². The van der Waals surface area contributed by atoms with Gasteiger partial charge in [-0.05, 0) is 28.1 Å². The van der Waals surface area contributed by atoms with Crippen molar-refractivity contribution in [1.82, 2.24) is 0 Å². The summed E-state index contributed by atoms with van der Waals surface area (Å²) in [5.41, 5.74) is 0.0571. The molecule has 5 heteroatoms. The lowest BCUT2D eigenvalue weighted by atomic mass is 10.2. The van der Waals surface area contributed by atoms with E-state index in [1.54, 1.807) is 6.07 Å². The largest absolute Gasteiger partial charge is 0.410 e. The molecule has 1 aromatic carbocycles. The van der Waals surface area contributed by atoms with Gasteiger partial charge in [0.2, 0.25) is 0 Å². The highest BCUT2D eigenvalue weighted by Crippen LogP contribution is 2.21. The molecule has 64 valence electrons. The van der Waals surface area contributed by atoms with Gasteiger partial charge in [0.25, 0.3) is 0 Å². The molecule has 2 nitrogen and oxygen atoms in total. The minimum atomic E-state index is -0.535. The summed E-state index contributed by atoms with van der Waals surface area (Å²) in [4.78, 5) is 0. The van der Waals surface area contributed by atoms with Crippen molar-refractivity contribution in [3.05, 3.63) is 34.1 Å². The molecule has 0 aliphatic heterocycles. The highest BCUT2D eigenvalue weighted by molar-refractivity contribution is 9.10. The molecule has 0 radical (unpaired) electrons. The molecular formula is C7H4BrClFNO. The Balaban J connectivity index is 3.31. The lowest BCUT2D eigenvalue weighted by molar-refractivity contribution is 0.320. The molecule has 0 heterocycles. The van der Waals surface area contributed by atoms with Gasteiger partial charge in [-0.3, -0.25) is 0 Å². The van der Waals surface area contributed by atoms with E-state index in [-0.39, 0.29) is 10.7 Å². The number of hydrogen-bond donors (Lipinski definition) is 1. The summed E-state index contributed by atoms with van der Waals surface area (Å²) in [5, 5.41) is 10.7. The summed E-state index contributed by atoms with van der Waals surface area (Å²) >= 11 is 8.50. The van der Waals surface area contributed by atoms with Crippen LogP contribution in [0.25, 0.3) is 0 Å². The number of hydrogen-bond acceptors (Lipinski definition) is 2. The number of halogens is 3. The monoisotopic (exact) mass is 251 g/mol. The molecule has 1 N–H and O–H groups in total. The molecule has 0 saturated heterocycles. The minimum absolute atomic E-state index is 0.0571. The molecule has 0 saturated carbocycles. The third kappa shape index (κ3) is 1.76. The minimum Gasteiger partial charge on any atom is -0.410 e. The molecule has 0 unspecified atom stereocenters. The number of benzene rings is 1. The van der Waals surface area contributed by atoms with E-state index in [2.05, 4.69) is 21.1 Å². The summed E-state index contributed by atoms with van der Waals surface area (Å²) in [7, 11) is 0. The predicted octanol–water partition coefficient (Wildman–Crippen LogP) is 2.96. The lowest BCUT2D eigenvalue weighted by Gasteiger charge is -2.00. The van der Waals surface area contributed by atoms with Gasteiger partial charge in [0, 0.05) is 4.47 Å². The van der Waals surface area contributed by atoms with Crippen LogP contribution in [0.5, 0.6) is 0 Å². The molecule has 0 aromatic heterocycles. The van der Waals surface area contributed by atoms with Crippen LogP contribution in [-0.2, 0) is 0 Å². The Morgan fingerprint density at radius 2 is 2.25 bits per heavy atom. The summed E-state index contributed by atoms with van der Waals surface area (Å²) in [6.45, 7) is 0. The second-order valence-corrected chi connectivity index (χ2v) is 3.20. The van der Waals surface area contributed by atoms with E-state index in [1.165, 1.54) is 12.1 Å². The summed E-state index contributed by atoms with van der Waals surface area (Å²) in [6.07, 6.45) is 0. The van der Waals surface area contributed by atoms with Crippen LogP contribution in [-0.4, -0.2) is 10.4 Å². The lowest BCUT2D eigenvalue weighted by Crippen LogP contribution is -1.97. The summed E-state index contributed by atoms with van der Waals surface area (Å²) in [5.74, 6) is -0.535. The number of nitrogens with zero attached hydrogens (tertiary/aromatic N) is 1. The third-order valence-corrected chi connectivity index (χ3v) is 2.18. The Kier molecular flexibility index (Phi) is 3.05. The van der Waals surface area contributed by atoms with Gasteiger partial charge < -0.3 is 5.21 Å². The normalized spacial score (nSPS) is 11.8. The van der Waals surface area contributed by atoms with E-state index in [0.717, 1.165) is 0 Å². The Labute approximate surface area is 81.8 Å². The Hall–Kier alpha value is -0.610. The van der Waals surface area contributed by atoms with Crippen molar-refractivity contribution in [2.24, 2.45) is 5.16 Å². The quantitative estimate of drug-likeness (QED) is 0.465. The molecule has 0 aliphatic rings. The van der Waals surface area contributed by atoms with Crippen molar-refractivity contribution in [2.45, 2.75) is 0 Å². The Bertz CT molecular complexity index is 309. The van der Waals surface area contributed by atoms with Gasteiger partial charge in [-0.2, -0.15) is 0 Å². The smallest absolute Gasteiger partial charge is 0.179 e. The maximum Gasteiger partial charge on any atom is 0.179 e. The van der Waals surface area contributed by atoms with E-state index in [0.29, 0.717) is 4.47 Å². The average Bonchev–Trinajstić information content (AvgIpc) is 2.03. The van der Waals surface area contributed by atoms with Gasteiger partial charge in [-0.15, -0.1) is 0 Å². The zero-order chi connectivity index (χ0) is 9.14. The van der Waals surface area contributed by atoms with Gasteiger partial charge in [-0.25, -0.2) is 4.39 Å². The summed E-state index contributed by atoms with van der Waals surface area (Å²) < 4.78 is 13.4. The highest BCUT2D eigenvalue weighted by atomic mass is 79.9. The molecule has 0 aliphatic carbocycles. The van der Waals surface area contributed by atoms with Crippen molar-refractivity contribution < 1.29 is 9.60 Å². The van der Waals surface area contributed by atoms with Crippen LogP contribution in [0.15, 0.2) is 27.8 Å².